The van der Waals surface area contributed by atoms with Crippen molar-refractivity contribution in [3.8, 4) is 5.75 Å². The maximum atomic E-state index is 12.4. The molecule has 5 nitrogen and oxygen atoms in total. The van der Waals surface area contributed by atoms with Crippen molar-refractivity contribution < 1.29 is 9.53 Å². The van der Waals surface area contributed by atoms with Gasteiger partial charge in [-0.05, 0) is 68.4 Å². The summed E-state index contributed by atoms with van der Waals surface area (Å²) < 4.78 is 5.16. The van der Waals surface area contributed by atoms with Gasteiger partial charge in [0.2, 0.25) is 0 Å². The summed E-state index contributed by atoms with van der Waals surface area (Å²) >= 11 is 0. The molecular formula is C23H29N3O2. The molecule has 1 amide bonds. The number of aromatic nitrogens is 1. The summed E-state index contributed by atoms with van der Waals surface area (Å²) in [5.41, 5.74) is 4.08. The first-order valence-corrected chi connectivity index (χ1v) is 10.0. The Labute approximate surface area is 167 Å². The molecule has 148 valence electrons. The lowest BCUT2D eigenvalue weighted by atomic mass is 9.97. The maximum absolute atomic E-state index is 12.4. The molecule has 2 N–H and O–H groups in total. The molecule has 0 atom stereocenters. The lowest BCUT2D eigenvalue weighted by Crippen LogP contribution is -2.26. The number of pyridine rings is 1. The fraction of sp³-hybridized carbons (Fsp3) is 0.391. The predicted molar refractivity (Wildman–Crippen MR) is 113 cm³/mol. The highest BCUT2D eigenvalue weighted by atomic mass is 16.5. The second-order valence-corrected chi connectivity index (χ2v) is 7.07. The Morgan fingerprint density at radius 3 is 2.71 bits per heavy atom. The maximum Gasteiger partial charge on any atom is 0.269 e. The van der Waals surface area contributed by atoms with E-state index in [0.29, 0.717) is 12.2 Å². The Morgan fingerprint density at radius 1 is 1.11 bits per heavy atom. The molecular weight excluding hydrogens is 350 g/mol. The van der Waals surface area contributed by atoms with Crippen LogP contribution in [-0.2, 0) is 6.42 Å². The Balaban J connectivity index is 1.44. The van der Waals surface area contributed by atoms with Crippen molar-refractivity contribution >= 4 is 11.6 Å². The molecule has 3 rings (SSSR count). The number of carbonyl (C=O) groups is 1. The Morgan fingerprint density at radius 2 is 1.96 bits per heavy atom. The topological polar surface area (TPSA) is 63.2 Å². The number of benzene rings is 1. The van der Waals surface area contributed by atoms with Gasteiger partial charge in [0.05, 0.1) is 7.11 Å². The van der Waals surface area contributed by atoms with Crippen LogP contribution in [-0.4, -0.2) is 31.1 Å². The van der Waals surface area contributed by atoms with Crippen molar-refractivity contribution in [2.24, 2.45) is 0 Å². The second kappa shape index (κ2) is 10.5. The molecule has 0 saturated heterocycles. The van der Waals surface area contributed by atoms with E-state index in [9.17, 15) is 4.79 Å². The quantitative estimate of drug-likeness (QED) is 0.635. The summed E-state index contributed by atoms with van der Waals surface area (Å²) in [7, 11) is 1.65. The minimum atomic E-state index is -0.146. The molecule has 5 heteroatoms. The van der Waals surface area contributed by atoms with Gasteiger partial charge in [-0.2, -0.15) is 0 Å². The van der Waals surface area contributed by atoms with Crippen LogP contribution in [0.4, 0.5) is 5.69 Å². The summed E-state index contributed by atoms with van der Waals surface area (Å²) in [6.45, 7) is 1.45. The SMILES string of the molecule is COc1ccc(CCNC(=O)c2cc(NCCC3=CCCCC3)ccn2)cc1. The molecule has 1 heterocycles. The van der Waals surface area contributed by atoms with Crippen LogP contribution in [0, 0.1) is 0 Å². The molecule has 1 aliphatic carbocycles. The number of carbonyl (C=O) groups excluding carboxylic acids is 1. The molecule has 0 radical (unpaired) electrons. The first-order chi connectivity index (χ1) is 13.7. The largest absolute Gasteiger partial charge is 0.497 e. The molecule has 0 spiro atoms. The lowest BCUT2D eigenvalue weighted by Gasteiger charge is -2.13. The van der Waals surface area contributed by atoms with E-state index in [-0.39, 0.29) is 5.91 Å². The Bertz CT molecular complexity index is 800. The fourth-order valence-corrected chi connectivity index (χ4v) is 3.37. The highest BCUT2D eigenvalue weighted by Crippen LogP contribution is 2.20. The van der Waals surface area contributed by atoms with Crippen LogP contribution in [0.25, 0.3) is 0 Å². The van der Waals surface area contributed by atoms with E-state index in [4.69, 9.17) is 4.74 Å². The van der Waals surface area contributed by atoms with Crippen molar-refractivity contribution in [2.75, 3.05) is 25.5 Å². The van der Waals surface area contributed by atoms with E-state index < -0.39 is 0 Å². The minimum absolute atomic E-state index is 0.146. The average molecular weight is 380 g/mol. The van der Waals surface area contributed by atoms with Gasteiger partial charge in [-0.25, -0.2) is 0 Å². The third-order valence-electron chi connectivity index (χ3n) is 5.01. The smallest absolute Gasteiger partial charge is 0.269 e. The van der Waals surface area contributed by atoms with Gasteiger partial charge in [-0.3, -0.25) is 9.78 Å². The summed E-state index contributed by atoms with van der Waals surface area (Å²) in [5, 5.41) is 6.35. The average Bonchev–Trinajstić information content (AvgIpc) is 2.75. The van der Waals surface area contributed by atoms with Crippen molar-refractivity contribution in [3.05, 3.63) is 65.5 Å². The molecule has 0 bridgehead atoms. The number of hydrogen-bond donors (Lipinski definition) is 2. The zero-order valence-electron chi connectivity index (χ0n) is 16.5. The van der Waals surface area contributed by atoms with Gasteiger partial charge in [-0.1, -0.05) is 23.8 Å². The normalized spacial score (nSPS) is 13.5. The van der Waals surface area contributed by atoms with Crippen molar-refractivity contribution in [1.29, 1.82) is 0 Å². The number of rotatable bonds is 9. The molecule has 0 saturated carbocycles. The molecule has 0 unspecified atom stereocenters. The number of nitrogens with one attached hydrogen (secondary N) is 2. The predicted octanol–water partition coefficient (Wildman–Crippen LogP) is 4.37. The van der Waals surface area contributed by atoms with Gasteiger partial charge in [0.15, 0.2) is 0 Å². The molecule has 0 fully saturated rings. The number of allylic oxidation sites excluding steroid dienone is 1. The Kier molecular flexibility index (Phi) is 7.47. The number of ether oxygens (including phenoxy) is 1. The van der Waals surface area contributed by atoms with Crippen LogP contribution in [0.5, 0.6) is 5.75 Å². The molecule has 1 aliphatic rings. The van der Waals surface area contributed by atoms with E-state index in [1.807, 2.05) is 36.4 Å². The van der Waals surface area contributed by atoms with Crippen LogP contribution in [0.1, 0.15) is 48.2 Å². The number of amides is 1. The first kappa shape index (κ1) is 19.9. The molecule has 1 aromatic carbocycles. The standard InChI is InChI=1S/C23H29N3O2/c1-28-21-9-7-19(8-10-21)12-15-26-23(27)22-17-20(13-16-25-22)24-14-11-18-5-3-2-4-6-18/h5,7-10,13,16-17H,2-4,6,11-12,14-15H2,1H3,(H,24,25)(H,26,27). The van der Waals surface area contributed by atoms with E-state index >= 15 is 0 Å². The van der Waals surface area contributed by atoms with E-state index in [0.717, 1.165) is 36.4 Å². The minimum Gasteiger partial charge on any atom is -0.497 e. The summed E-state index contributed by atoms with van der Waals surface area (Å²) in [4.78, 5) is 16.6. The highest BCUT2D eigenvalue weighted by Gasteiger charge is 2.08. The monoisotopic (exact) mass is 379 g/mol. The number of nitrogens with zero attached hydrogens (tertiary/aromatic N) is 1. The van der Waals surface area contributed by atoms with Gasteiger partial charge in [0.1, 0.15) is 11.4 Å². The third-order valence-corrected chi connectivity index (χ3v) is 5.01. The van der Waals surface area contributed by atoms with Gasteiger partial charge in [-0.15, -0.1) is 0 Å². The number of anilines is 1. The van der Waals surface area contributed by atoms with Crippen LogP contribution in [0.3, 0.4) is 0 Å². The van der Waals surface area contributed by atoms with Crippen LogP contribution in [0.15, 0.2) is 54.2 Å². The van der Waals surface area contributed by atoms with Gasteiger partial charge >= 0.3 is 0 Å². The second-order valence-electron chi connectivity index (χ2n) is 7.07. The third kappa shape index (κ3) is 6.12. The zero-order valence-corrected chi connectivity index (χ0v) is 16.5. The van der Waals surface area contributed by atoms with E-state index in [1.54, 1.807) is 18.9 Å². The highest BCUT2D eigenvalue weighted by molar-refractivity contribution is 5.93. The van der Waals surface area contributed by atoms with Crippen LogP contribution < -0.4 is 15.4 Å². The summed E-state index contributed by atoms with van der Waals surface area (Å²) in [6.07, 6.45) is 10.9. The summed E-state index contributed by atoms with van der Waals surface area (Å²) in [6, 6.07) is 11.6. The fourth-order valence-electron chi connectivity index (χ4n) is 3.37. The van der Waals surface area contributed by atoms with Crippen LogP contribution >= 0.6 is 0 Å². The van der Waals surface area contributed by atoms with Gasteiger partial charge in [0.25, 0.3) is 5.91 Å². The lowest BCUT2D eigenvalue weighted by molar-refractivity contribution is 0.0949. The summed E-state index contributed by atoms with van der Waals surface area (Å²) in [5.74, 6) is 0.688. The molecule has 2 aromatic rings. The van der Waals surface area contributed by atoms with Gasteiger partial charge in [0, 0.05) is 25.0 Å². The van der Waals surface area contributed by atoms with Crippen molar-refractivity contribution in [3.63, 3.8) is 0 Å². The number of methoxy groups -OCH3 is 1. The molecule has 28 heavy (non-hydrogen) atoms. The van der Waals surface area contributed by atoms with Gasteiger partial charge < -0.3 is 15.4 Å². The van der Waals surface area contributed by atoms with Crippen molar-refractivity contribution in [2.45, 2.75) is 38.5 Å². The van der Waals surface area contributed by atoms with Crippen LogP contribution in [0.2, 0.25) is 0 Å². The molecule has 0 aliphatic heterocycles. The zero-order chi connectivity index (χ0) is 19.6. The van der Waals surface area contributed by atoms with E-state index in [2.05, 4.69) is 21.7 Å². The van der Waals surface area contributed by atoms with E-state index in [1.165, 1.54) is 25.7 Å². The van der Waals surface area contributed by atoms with Crippen molar-refractivity contribution in [1.82, 2.24) is 10.3 Å². The Hall–Kier alpha value is -2.82. The first-order valence-electron chi connectivity index (χ1n) is 10.0. The number of hydrogen-bond acceptors (Lipinski definition) is 4. The molecule has 1 aromatic heterocycles.